The van der Waals surface area contributed by atoms with Gasteiger partial charge in [0, 0.05) is 34.6 Å². The molecular formula is C13H18Br2N2O2S. The maximum atomic E-state index is 12.7. The summed E-state index contributed by atoms with van der Waals surface area (Å²) in [4.78, 5) is 2.63. The van der Waals surface area contributed by atoms with Crippen molar-refractivity contribution in [3.8, 4) is 0 Å². The van der Waals surface area contributed by atoms with Crippen molar-refractivity contribution in [2.75, 3.05) is 26.2 Å². The van der Waals surface area contributed by atoms with Gasteiger partial charge in [-0.1, -0.05) is 22.9 Å². The normalized spacial score (nSPS) is 22.1. The number of benzene rings is 1. The van der Waals surface area contributed by atoms with Crippen molar-refractivity contribution >= 4 is 41.9 Å². The van der Waals surface area contributed by atoms with Gasteiger partial charge in [-0.25, -0.2) is 8.42 Å². The lowest BCUT2D eigenvalue weighted by atomic mass is 10.2. The lowest BCUT2D eigenvalue weighted by Crippen LogP contribution is -2.53. The number of nitrogens with zero attached hydrogens (tertiary/aromatic N) is 2. The highest BCUT2D eigenvalue weighted by atomic mass is 79.9. The highest BCUT2D eigenvalue weighted by molar-refractivity contribution is 9.11. The largest absolute Gasteiger partial charge is 0.298 e. The molecule has 0 amide bonds. The Labute approximate surface area is 137 Å². The minimum absolute atomic E-state index is 0.248. The smallest absolute Gasteiger partial charge is 0.244 e. The predicted octanol–water partition coefficient (Wildman–Crippen LogP) is 2.93. The van der Waals surface area contributed by atoms with Crippen LogP contribution >= 0.6 is 31.9 Å². The summed E-state index contributed by atoms with van der Waals surface area (Å²) < 4.78 is 28.5. The minimum Gasteiger partial charge on any atom is -0.298 e. The molecule has 1 unspecified atom stereocenters. The van der Waals surface area contributed by atoms with Crippen LogP contribution in [0.4, 0.5) is 0 Å². The molecule has 20 heavy (non-hydrogen) atoms. The van der Waals surface area contributed by atoms with Crippen LogP contribution in [-0.2, 0) is 10.0 Å². The fourth-order valence-electron chi connectivity index (χ4n) is 2.47. The van der Waals surface area contributed by atoms with Gasteiger partial charge in [-0.15, -0.1) is 0 Å². The molecule has 0 saturated carbocycles. The van der Waals surface area contributed by atoms with Gasteiger partial charge in [0.1, 0.15) is 0 Å². The first-order valence-corrected chi connectivity index (χ1v) is 9.58. The van der Waals surface area contributed by atoms with Gasteiger partial charge in [0.05, 0.1) is 4.90 Å². The Balaban J connectivity index is 2.27. The van der Waals surface area contributed by atoms with Gasteiger partial charge in [0.25, 0.3) is 0 Å². The van der Waals surface area contributed by atoms with E-state index in [-0.39, 0.29) is 6.04 Å². The number of piperazine rings is 1. The number of likely N-dealkylation sites (N-methyl/N-ethyl adjacent to an activating group) is 1. The predicted molar refractivity (Wildman–Crippen MR) is 87.3 cm³/mol. The van der Waals surface area contributed by atoms with Crippen LogP contribution in [0.3, 0.4) is 0 Å². The van der Waals surface area contributed by atoms with E-state index in [0.29, 0.717) is 22.5 Å². The first-order chi connectivity index (χ1) is 9.36. The zero-order chi connectivity index (χ0) is 14.9. The molecule has 1 aromatic rings. The van der Waals surface area contributed by atoms with Crippen LogP contribution in [0.25, 0.3) is 0 Å². The van der Waals surface area contributed by atoms with E-state index in [4.69, 9.17) is 0 Å². The van der Waals surface area contributed by atoms with Crippen molar-refractivity contribution < 1.29 is 8.42 Å². The third kappa shape index (κ3) is 3.27. The van der Waals surface area contributed by atoms with Crippen LogP contribution in [0.2, 0.25) is 0 Å². The fourth-order valence-corrected chi connectivity index (χ4v) is 5.69. The monoisotopic (exact) mass is 424 g/mol. The topological polar surface area (TPSA) is 40.6 Å². The summed E-state index contributed by atoms with van der Waals surface area (Å²) in [5, 5.41) is 0. The molecule has 1 aliphatic rings. The maximum Gasteiger partial charge on any atom is 0.244 e. The first-order valence-electron chi connectivity index (χ1n) is 6.55. The molecule has 0 radical (unpaired) electrons. The second-order valence-corrected chi connectivity index (χ2v) is 8.59. The summed E-state index contributed by atoms with van der Waals surface area (Å²) in [5.74, 6) is 0. The molecule has 0 aliphatic carbocycles. The van der Waals surface area contributed by atoms with Crippen LogP contribution < -0.4 is 0 Å². The zero-order valence-corrected chi connectivity index (χ0v) is 15.5. The van der Waals surface area contributed by atoms with Crippen LogP contribution in [0.15, 0.2) is 32.0 Å². The van der Waals surface area contributed by atoms with Crippen LogP contribution in [-0.4, -0.2) is 49.8 Å². The highest BCUT2D eigenvalue weighted by Gasteiger charge is 2.32. The standard InChI is InChI=1S/C13H18Br2N2O2S/c1-3-16-6-7-17(9-10(16)2)20(18,19)13-5-4-11(14)8-12(13)15/h4-5,8,10H,3,6-7,9H2,1-2H3. The Morgan fingerprint density at radius 2 is 2.00 bits per heavy atom. The van der Waals surface area contributed by atoms with Gasteiger partial charge >= 0.3 is 0 Å². The third-order valence-electron chi connectivity index (χ3n) is 3.65. The Hall–Kier alpha value is 0.0500. The van der Waals surface area contributed by atoms with E-state index in [2.05, 4.69) is 50.6 Å². The van der Waals surface area contributed by atoms with E-state index in [1.807, 2.05) is 0 Å². The molecule has 1 saturated heterocycles. The molecule has 1 atom stereocenters. The quantitative estimate of drug-likeness (QED) is 0.747. The summed E-state index contributed by atoms with van der Waals surface area (Å²) in [6.07, 6.45) is 0. The Morgan fingerprint density at radius 1 is 1.30 bits per heavy atom. The molecule has 1 aliphatic heterocycles. The molecule has 4 nitrogen and oxygen atoms in total. The van der Waals surface area contributed by atoms with E-state index in [1.54, 1.807) is 22.5 Å². The minimum atomic E-state index is -3.44. The summed E-state index contributed by atoms with van der Waals surface area (Å²) in [6.45, 7) is 7.00. The summed E-state index contributed by atoms with van der Waals surface area (Å²) in [6, 6.07) is 5.40. The van der Waals surface area contributed by atoms with Crippen molar-refractivity contribution in [1.82, 2.24) is 9.21 Å². The molecular weight excluding hydrogens is 408 g/mol. The number of sulfonamides is 1. The van der Waals surface area contributed by atoms with Crippen LogP contribution in [0.1, 0.15) is 13.8 Å². The van der Waals surface area contributed by atoms with Crippen molar-refractivity contribution in [2.24, 2.45) is 0 Å². The molecule has 1 aromatic carbocycles. The average Bonchev–Trinajstić information content (AvgIpc) is 2.38. The zero-order valence-electron chi connectivity index (χ0n) is 11.5. The molecule has 0 aromatic heterocycles. The maximum absolute atomic E-state index is 12.7. The SMILES string of the molecule is CCN1CCN(S(=O)(=O)c2ccc(Br)cc2Br)CC1C. The molecule has 1 heterocycles. The van der Waals surface area contributed by atoms with Crippen molar-refractivity contribution in [2.45, 2.75) is 24.8 Å². The van der Waals surface area contributed by atoms with E-state index in [0.717, 1.165) is 17.6 Å². The van der Waals surface area contributed by atoms with Gasteiger partial charge < -0.3 is 0 Å². The Morgan fingerprint density at radius 3 is 2.55 bits per heavy atom. The van der Waals surface area contributed by atoms with Crippen LogP contribution in [0, 0.1) is 0 Å². The fraction of sp³-hybridized carbons (Fsp3) is 0.538. The Kier molecular flexibility index (Phi) is 5.29. The summed E-state index contributed by atoms with van der Waals surface area (Å²) in [5.41, 5.74) is 0. The van der Waals surface area contributed by atoms with Gasteiger partial charge in [-0.05, 0) is 47.6 Å². The number of hydrogen-bond donors (Lipinski definition) is 0. The molecule has 112 valence electrons. The van der Waals surface area contributed by atoms with Crippen LogP contribution in [0.5, 0.6) is 0 Å². The molecule has 7 heteroatoms. The van der Waals surface area contributed by atoms with E-state index in [1.165, 1.54) is 0 Å². The van der Waals surface area contributed by atoms with Crippen molar-refractivity contribution in [3.63, 3.8) is 0 Å². The lowest BCUT2D eigenvalue weighted by molar-refractivity contribution is 0.135. The number of hydrogen-bond acceptors (Lipinski definition) is 3. The van der Waals surface area contributed by atoms with Crippen molar-refractivity contribution in [1.29, 1.82) is 0 Å². The molecule has 0 bridgehead atoms. The second kappa shape index (κ2) is 6.44. The third-order valence-corrected chi connectivity index (χ3v) is 6.98. The first kappa shape index (κ1) is 16.4. The lowest BCUT2D eigenvalue weighted by Gasteiger charge is -2.38. The number of rotatable bonds is 3. The second-order valence-electron chi connectivity index (χ2n) is 4.92. The van der Waals surface area contributed by atoms with Gasteiger partial charge in [0.15, 0.2) is 0 Å². The summed E-state index contributed by atoms with van der Waals surface area (Å²) >= 11 is 6.68. The average molecular weight is 426 g/mol. The molecule has 1 fully saturated rings. The number of halogens is 2. The Bertz CT molecular complexity index is 592. The van der Waals surface area contributed by atoms with Crippen molar-refractivity contribution in [3.05, 3.63) is 27.1 Å². The van der Waals surface area contributed by atoms with E-state index >= 15 is 0 Å². The van der Waals surface area contributed by atoms with Gasteiger partial charge in [0.2, 0.25) is 10.0 Å². The highest BCUT2D eigenvalue weighted by Crippen LogP contribution is 2.29. The molecule has 2 rings (SSSR count). The molecule has 0 N–H and O–H groups in total. The van der Waals surface area contributed by atoms with Gasteiger partial charge in [-0.2, -0.15) is 4.31 Å². The van der Waals surface area contributed by atoms with E-state index < -0.39 is 10.0 Å². The molecule has 0 spiro atoms. The van der Waals surface area contributed by atoms with Gasteiger partial charge in [-0.3, -0.25) is 4.90 Å². The van der Waals surface area contributed by atoms with E-state index in [9.17, 15) is 8.42 Å². The summed E-state index contributed by atoms with van der Waals surface area (Å²) in [7, 11) is -3.44.